The van der Waals surface area contributed by atoms with Gasteiger partial charge in [0.05, 0.1) is 10.5 Å². The van der Waals surface area contributed by atoms with E-state index in [1.165, 1.54) is 18.2 Å². The summed E-state index contributed by atoms with van der Waals surface area (Å²) < 4.78 is 22.8. The van der Waals surface area contributed by atoms with Crippen molar-refractivity contribution in [2.45, 2.75) is 4.90 Å². The van der Waals surface area contributed by atoms with Crippen LogP contribution in [-0.4, -0.2) is 30.7 Å². The molecule has 1 aromatic carbocycles. The van der Waals surface area contributed by atoms with Crippen LogP contribution in [0.1, 0.15) is 10.4 Å². The molecule has 1 heterocycles. The van der Waals surface area contributed by atoms with Crippen molar-refractivity contribution in [1.29, 1.82) is 0 Å². The molecule has 0 atom stereocenters. The second-order valence-electron chi connectivity index (χ2n) is 3.82. The number of carbonyl (C=O) groups is 1. The average molecular weight is 267 g/mol. The third kappa shape index (κ3) is 2.00. The fourth-order valence-corrected chi connectivity index (χ4v) is 2.29. The zero-order valence-electron chi connectivity index (χ0n) is 9.30. The van der Waals surface area contributed by atoms with Crippen LogP contribution in [0.5, 0.6) is 0 Å². The number of rotatable bonds is 2. The highest BCUT2D eigenvalue weighted by molar-refractivity contribution is 7.90. The van der Waals surface area contributed by atoms with E-state index in [1.54, 1.807) is 0 Å². The monoisotopic (exact) mass is 267 g/mol. The maximum Gasteiger partial charge on any atom is 0.337 e. The van der Waals surface area contributed by atoms with Gasteiger partial charge in [-0.3, -0.25) is 4.79 Å². The molecule has 0 bridgehead atoms. The van der Waals surface area contributed by atoms with Gasteiger partial charge in [-0.25, -0.2) is 13.2 Å². The topological polar surface area (TPSA) is 104 Å². The highest BCUT2D eigenvalue weighted by Gasteiger charge is 2.14. The zero-order chi connectivity index (χ0) is 13.5. The van der Waals surface area contributed by atoms with Crippen molar-refractivity contribution < 1.29 is 18.3 Å². The Kier molecular flexibility index (Phi) is 2.70. The quantitative estimate of drug-likeness (QED) is 0.830. The smallest absolute Gasteiger partial charge is 0.337 e. The maximum absolute atomic E-state index is 11.6. The van der Waals surface area contributed by atoms with E-state index < -0.39 is 21.4 Å². The Balaban J connectivity index is 2.91. The van der Waals surface area contributed by atoms with Crippen molar-refractivity contribution in [1.82, 2.24) is 4.98 Å². The second-order valence-corrected chi connectivity index (χ2v) is 5.83. The summed E-state index contributed by atoms with van der Waals surface area (Å²) in [7, 11) is -3.44. The number of benzene rings is 1. The molecular weight excluding hydrogens is 258 g/mol. The summed E-state index contributed by atoms with van der Waals surface area (Å²) in [6.07, 6.45) is 2.11. The molecule has 0 radical (unpaired) electrons. The lowest BCUT2D eigenvalue weighted by atomic mass is 10.1. The standard InChI is InChI=1S/C11H9NO5S/c1-18(16,17)6-2-3-7-8(4-6)10(13)12-5-9(7)11(14)15/h2-5H,1H3,(H,12,13)(H,14,15). The number of aromatic nitrogens is 1. The van der Waals surface area contributed by atoms with Gasteiger partial charge < -0.3 is 10.1 Å². The minimum atomic E-state index is -3.44. The molecule has 0 aliphatic rings. The van der Waals surface area contributed by atoms with Crippen LogP contribution < -0.4 is 5.56 Å². The summed E-state index contributed by atoms with van der Waals surface area (Å²) in [5.74, 6) is -1.19. The van der Waals surface area contributed by atoms with Crippen molar-refractivity contribution >= 4 is 26.6 Å². The molecule has 1 aromatic heterocycles. The van der Waals surface area contributed by atoms with Gasteiger partial charge in [0.1, 0.15) is 0 Å². The van der Waals surface area contributed by atoms with E-state index in [0.717, 1.165) is 12.5 Å². The van der Waals surface area contributed by atoms with Crippen molar-refractivity contribution in [2.75, 3.05) is 6.26 Å². The summed E-state index contributed by atoms with van der Waals surface area (Å²) >= 11 is 0. The molecule has 2 N–H and O–H groups in total. The molecule has 0 spiro atoms. The number of aromatic amines is 1. The normalized spacial score (nSPS) is 11.6. The van der Waals surface area contributed by atoms with Gasteiger partial charge in [0.2, 0.25) is 0 Å². The Hall–Kier alpha value is -2.15. The maximum atomic E-state index is 11.6. The number of hydrogen-bond acceptors (Lipinski definition) is 4. The lowest BCUT2D eigenvalue weighted by molar-refractivity contribution is 0.0698. The Morgan fingerprint density at radius 1 is 1.28 bits per heavy atom. The lowest BCUT2D eigenvalue weighted by Crippen LogP contribution is -2.11. The van der Waals surface area contributed by atoms with Gasteiger partial charge >= 0.3 is 5.97 Å². The molecular formula is C11H9NO5S. The first-order valence-electron chi connectivity index (χ1n) is 4.89. The van der Waals surface area contributed by atoms with E-state index in [4.69, 9.17) is 5.11 Å². The second kappa shape index (κ2) is 3.95. The van der Waals surface area contributed by atoms with Crippen molar-refractivity contribution in [2.24, 2.45) is 0 Å². The van der Waals surface area contributed by atoms with Crippen LogP contribution >= 0.6 is 0 Å². The van der Waals surface area contributed by atoms with E-state index in [1.807, 2.05) is 0 Å². The van der Waals surface area contributed by atoms with E-state index >= 15 is 0 Å². The van der Waals surface area contributed by atoms with Crippen LogP contribution in [0.25, 0.3) is 10.8 Å². The van der Waals surface area contributed by atoms with Crippen molar-refractivity contribution in [3.63, 3.8) is 0 Å². The van der Waals surface area contributed by atoms with Gasteiger partial charge in [-0.05, 0) is 12.1 Å². The van der Waals surface area contributed by atoms with E-state index in [2.05, 4.69) is 4.98 Å². The van der Waals surface area contributed by atoms with Gasteiger partial charge in [0.25, 0.3) is 5.56 Å². The number of hydrogen-bond donors (Lipinski definition) is 2. The molecule has 0 fully saturated rings. The molecule has 7 heteroatoms. The number of sulfone groups is 1. The van der Waals surface area contributed by atoms with Crippen molar-refractivity contribution in [3.05, 3.63) is 40.3 Å². The summed E-state index contributed by atoms with van der Waals surface area (Å²) in [5, 5.41) is 9.21. The van der Waals surface area contributed by atoms with Crippen LogP contribution in [0.4, 0.5) is 0 Å². The van der Waals surface area contributed by atoms with Gasteiger partial charge in [-0.2, -0.15) is 0 Å². The Morgan fingerprint density at radius 3 is 2.50 bits per heavy atom. The number of nitrogens with one attached hydrogen (secondary N) is 1. The van der Waals surface area contributed by atoms with Crippen LogP contribution in [0.3, 0.4) is 0 Å². The number of fused-ring (bicyclic) bond motifs is 1. The molecule has 2 rings (SSSR count). The SMILES string of the molecule is CS(=O)(=O)c1ccc2c(C(=O)O)c[nH]c(=O)c2c1. The predicted octanol–water partition coefficient (Wildman–Crippen LogP) is 0.630. The summed E-state index contributed by atoms with van der Waals surface area (Å²) in [6, 6.07) is 3.78. The van der Waals surface area contributed by atoms with Crippen LogP contribution in [0.15, 0.2) is 34.1 Å². The zero-order valence-corrected chi connectivity index (χ0v) is 10.1. The number of carboxylic acid groups (broad SMARTS) is 1. The molecule has 0 unspecified atom stereocenters. The van der Waals surface area contributed by atoms with E-state index in [0.29, 0.717) is 0 Å². The number of H-pyrrole nitrogens is 1. The number of carboxylic acids is 1. The van der Waals surface area contributed by atoms with Gasteiger partial charge in [0.15, 0.2) is 9.84 Å². The molecule has 0 amide bonds. The Morgan fingerprint density at radius 2 is 1.94 bits per heavy atom. The van der Waals surface area contributed by atoms with Gasteiger partial charge in [-0.1, -0.05) is 6.07 Å². The third-order valence-electron chi connectivity index (χ3n) is 2.53. The predicted molar refractivity (Wildman–Crippen MR) is 64.6 cm³/mol. The molecule has 0 aliphatic heterocycles. The summed E-state index contributed by atoms with van der Waals surface area (Å²) in [4.78, 5) is 24.8. The summed E-state index contributed by atoms with van der Waals surface area (Å²) in [6.45, 7) is 0. The minimum Gasteiger partial charge on any atom is -0.478 e. The highest BCUT2D eigenvalue weighted by Crippen LogP contribution is 2.19. The van der Waals surface area contributed by atoms with E-state index in [-0.39, 0.29) is 21.2 Å². The lowest BCUT2D eigenvalue weighted by Gasteiger charge is -2.04. The first-order chi connectivity index (χ1) is 8.30. The molecule has 94 valence electrons. The molecule has 0 saturated heterocycles. The highest BCUT2D eigenvalue weighted by atomic mass is 32.2. The molecule has 6 nitrogen and oxygen atoms in total. The van der Waals surface area contributed by atoms with Crippen molar-refractivity contribution in [3.8, 4) is 0 Å². The van der Waals surface area contributed by atoms with Gasteiger partial charge in [-0.15, -0.1) is 0 Å². The van der Waals surface area contributed by atoms with E-state index in [9.17, 15) is 18.0 Å². The fraction of sp³-hybridized carbons (Fsp3) is 0.0909. The van der Waals surface area contributed by atoms with Gasteiger partial charge in [0, 0.05) is 23.2 Å². The summed E-state index contributed by atoms with van der Waals surface area (Å²) in [5.41, 5.74) is -0.606. The largest absolute Gasteiger partial charge is 0.478 e. The average Bonchev–Trinajstić information content (AvgIpc) is 2.27. The first-order valence-corrected chi connectivity index (χ1v) is 6.78. The Bertz CT molecular complexity index is 804. The third-order valence-corrected chi connectivity index (χ3v) is 3.64. The molecule has 0 aliphatic carbocycles. The molecule has 18 heavy (non-hydrogen) atoms. The number of aromatic carboxylic acids is 1. The Labute approximate surface area is 102 Å². The molecule has 0 saturated carbocycles. The minimum absolute atomic E-state index is 0.0250. The van der Waals surface area contributed by atoms with Crippen LogP contribution in [0, 0.1) is 0 Å². The molecule has 2 aromatic rings. The fourth-order valence-electron chi connectivity index (χ4n) is 1.65. The number of pyridine rings is 1. The van der Waals surface area contributed by atoms with Crippen LogP contribution in [0.2, 0.25) is 0 Å². The first kappa shape index (κ1) is 12.3. The van der Waals surface area contributed by atoms with Crippen LogP contribution in [-0.2, 0) is 9.84 Å².